The van der Waals surface area contributed by atoms with E-state index < -0.39 is 0 Å². The number of benzene rings is 1. The molecule has 4 heteroatoms. The predicted octanol–water partition coefficient (Wildman–Crippen LogP) is 1.75. The Kier molecular flexibility index (Phi) is 1.81. The molecular weight excluding hydrogens is 169 g/mol. The minimum Gasteiger partial charge on any atom is -0.294 e. The normalized spacial score (nSPS) is 11.5. The Balaban J connectivity index is 2.78. The molecular formula is C9H8FN3. The second-order valence-corrected chi connectivity index (χ2v) is 2.66. The van der Waals surface area contributed by atoms with Gasteiger partial charge in [0.05, 0.1) is 16.6 Å². The number of aromatic amines is 1. The molecule has 0 radical (unpaired) electrons. The van der Waals surface area contributed by atoms with Crippen LogP contribution in [0, 0.1) is 5.82 Å². The van der Waals surface area contributed by atoms with E-state index in [1.807, 2.05) is 0 Å². The minimum absolute atomic E-state index is 0.277. The number of halogens is 1. The molecule has 0 saturated heterocycles. The Labute approximate surface area is 74.3 Å². The average molecular weight is 177 g/mol. The molecule has 0 unspecified atom stereocenters. The van der Waals surface area contributed by atoms with E-state index in [0.717, 1.165) is 0 Å². The van der Waals surface area contributed by atoms with Crippen LogP contribution in [0.15, 0.2) is 23.2 Å². The van der Waals surface area contributed by atoms with Crippen LogP contribution in [-0.2, 0) is 0 Å². The van der Waals surface area contributed by atoms with Crippen molar-refractivity contribution < 1.29 is 4.39 Å². The molecule has 0 aliphatic carbocycles. The quantitative estimate of drug-likeness (QED) is 0.662. The molecule has 1 aromatic heterocycles. The van der Waals surface area contributed by atoms with Crippen LogP contribution in [0.4, 0.5) is 4.39 Å². The zero-order valence-corrected chi connectivity index (χ0v) is 7.08. The van der Waals surface area contributed by atoms with Crippen LogP contribution in [0.3, 0.4) is 0 Å². The van der Waals surface area contributed by atoms with E-state index in [0.29, 0.717) is 16.6 Å². The fourth-order valence-corrected chi connectivity index (χ4v) is 1.27. The van der Waals surface area contributed by atoms with Crippen LogP contribution < -0.4 is 0 Å². The smallest absolute Gasteiger partial charge is 0.134 e. The van der Waals surface area contributed by atoms with Crippen LogP contribution >= 0.6 is 0 Å². The number of H-pyrrole nitrogens is 1. The summed E-state index contributed by atoms with van der Waals surface area (Å²) in [5, 5.41) is 7.15. The molecule has 0 aliphatic heterocycles. The number of aromatic nitrogens is 2. The summed E-state index contributed by atoms with van der Waals surface area (Å²) in [5.41, 5.74) is 1.23. The van der Waals surface area contributed by atoms with Crippen LogP contribution in [0.25, 0.3) is 10.9 Å². The third-order valence-electron chi connectivity index (χ3n) is 1.82. The fourth-order valence-electron chi connectivity index (χ4n) is 1.27. The van der Waals surface area contributed by atoms with Gasteiger partial charge in [0.2, 0.25) is 0 Å². The number of hydrogen-bond donors (Lipinski definition) is 1. The van der Waals surface area contributed by atoms with Gasteiger partial charge in [0.25, 0.3) is 0 Å². The van der Waals surface area contributed by atoms with Crippen molar-refractivity contribution >= 4 is 17.1 Å². The van der Waals surface area contributed by atoms with Gasteiger partial charge in [-0.15, -0.1) is 0 Å². The summed E-state index contributed by atoms with van der Waals surface area (Å²) in [6, 6.07) is 4.79. The summed E-state index contributed by atoms with van der Waals surface area (Å²) >= 11 is 0. The standard InChI is InChI=1S/C9H8FN3/c1-11-5-8-9-6(10)3-2-4-7(9)12-13-8/h2-5H,1H3,(H,12,13). The van der Waals surface area contributed by atoms with Gasteiger partial charge in [0.1, 0.15) is 5.82 Å². The monoisotopic (exact) mass is 177 g/mol. The number of fused-ring (bicyclic) bond motifs is 1. The molecule has 1 N–H and O–H groups in total. The number of aliphatic imine (C=N–C) groups is 1. The van der Waals surface area contributed by atoms with E-state index in [2.05, 4.69) is 15.2 Å². The first-order chi connectivity index (χ1) is 6.33. The van der Waals surface area contributed by atoms with Crippen molar-refractivity contribution in [1.29, 1.82) is 0 Å². The SMILES string of the molecule is CN=Cc1[nH]nc2cccc(F)c12. The van der Waals surface area contributed by atoms with E-state index in [-0.39, 0.29) is 5.82 Å². The van der Waals surface area contributed by atoms with Crippen LogP contribution in [0.5, 0.6) is 0 Å². The van der Waals surface area contributed by atoms with Gasteiger partial charge in [-0.3, -0.25) is 10.1 Å². The second-order valence-electron chi connectivity index (χ2n) is 2.66. The number of hydrogen-bond acceptors (Lipinski definition) is 2. The van der Waals surface area contributed by atoms with Gasteiger partial charge >= 0.3 is 0 Å². The van der Waals surface area contributed by atoms with Crippen molar-refractivity contribution in [2.24, 2.45) is 4.99 Å². The van der Waals surface area contributed by atoms with Gasteiger partial charge in [0.15, 0.2) is 0 Å². The molecule has 0 fully saturated rings. The van der Waals surface area contributed by atoms with Gasteiger partial charge in [-0.05, 0) is 12.1 Å². The second kappa shape index (κ2) is 2.97. The molecule has 1 heterocycles. The number of nitrogens with one attached hydrogen (secondary N) is 1. The Morgan fingerprint density at radius 3 is 3.15 bits per heavy atom. The lowest BCUT2D eigenvalue weighted by molar-refractivity contribution is 0.640. The van der Waals surface area contributed by atoms with Crippen molar-refractivity contribution in [3.8, 4) is 0 Å². The van der Waals surface area contributed by atoms with Crippen LogP contribution in [0.1, 0.15) is 5.69 Å². The average Bonchev–Trinajstić information content (AvgIpc) is 2.51. The Morgan fingerprint density at radius 2 is 2.38 bits per heavy atom. The largest absolute Gasteiger partial charge is 0.294 e. The van der Waals surface area contributed by atoms with Crippen molar-refractivity contribution in [2.45, 2.75) is 0 Å². The molecule has 2 aromatic rings. The zero-order valence-electron chi connectivity index (χ0n) is 7.08. The molecule has 0 amide bonds. The van der Waals surface area contributed by atoms with E-state index in [4.69, 9.17) is 0 Å². The maximum Gasteiger partial charge on any atom is 0.134 e. The summed E-state index contributed by atoms with van der Waals surface area (Å²) < 4.78 is 13.3. The first-order valence-corrected chi connectivity index (χ1v) is 3.87. The number of nitrogens with zero attached hydrogens (tertiary/aromatic N) is 2. The molecule has 2 rings (SSSR count). The van der Waals surface area contributed by atoms with Crippen LogP contribution in [0.2, 0.25) is 0 Å². The number of rotatable bonds is 1. The molecule has 13 heavy (non-hydrogen) atoms. The van der Waals surface area contributed by atoms with Crippen molar-refractivity contribution in [2.75, 3.05) is 7.05 Å². The predicted molar refractivity (Wildman–Crippen MR) is 49.6 cm³/mol. The lowest BCUT2D eigenvalue weighted by Crippen LogP contribution is -1.83. The third kappa shape index (κ3) is 1.20. The van der Waals surface area contributed by atoms with Crippen LogP contribution in [-0.4, -0.2) is 23.5 Å². The highest BCUT2D eigenvalue weighted by Gasteiger charge is 2.06. The van der Waals surface area contributed by atoms with Crippen molar-refractivity contribution in [1.82, 2.24) is 10.2 Å². The molecule has 0 bridgehead atoms. The maximum absolute atomic E-state index is 13.3. The zero-order chi connectivity index (χ0) is 9.26. The molecule has 66 valence electrons. The topological polar surface area (TPSA) is 41.0 Å². The fraction of sp³-hybridized carbons (Fsp3) is 0.111. The van der Waals surface area contributed by atoms with E-state index in [1.165, 1.54) is 6.07 Å². The van der Waals surface area contributed by atoms with E-state index in [1.54, 1.807) is 25.4 Å². The van der Waals surface area contributed by atoms with Gasteiger partial charge in [0, 0.05) is 13.3 Å². The third-order valence-corrected chi connectivity index (χ3v) is 1.82. The first kappa shape index (κ1) is 7.91. The van der Waals surface area contributed by atoms with Crippen molar-refractivity contribution in [3.63, 3.8) is 0 Å². The summed E-state index contributed by atoms with van der Waals surface area (Å²) in [6.07, 6.45) is 1.55. The van der Waals surface area contributed by atoms with E-state index in [9.17, 15) is 4.39 Å². The summed E-state index contributed by atoms with van der Waals surface area (Å²) in [6.45, 7) is 0. The van der Waals surface area contributed by atoms with Gasteiger partial charge < -0.3 is 0 Å². The molecule has 3 nitrogen and oxygen atoms in total. The maximum atomic E-state index is 13.3. The lowest BCUT2D eigenvalue weighted by Gasteiger charge is -1.90. The highest BCUT2D eigenvalue weighted by molar-refractivity contribution is 5.96. The Morgan fingerprint density at radius 1 is 1.54 bits per heavy atom. The van der Waals surface area contributed by atoms with Gasteiger partial charge in [-0.2, -0.15) is 5.10 Å². The van der Waals surface area contributed by atoms with E-state index >= 15 is 0 Å². The molecule has 0 saturated carbocycles. The van der Waals surface area contributed by atoms with Gasteiger partial charge in [-0.25, -0.2) is 4.39 Å². The molecule has 1 aromatic carbocycles. The highest BCUT2D eigenvalue weighted by atomic mass is 19.1. The minimum atomic E-state index is -0.277. The molecule has 0 aliphatic rings. The Bertz CT molecular complexity index is 459. The van der Waals surface area contributed by atoms with Gasteiger partial charge in [-0.1, -0.05) is 6.07 Å². The highest BCUT2D eigenvalue weighted by Crippen LogP contribution is 2.17. The lowest BCUT2D eigenvalue weighted by atomic mass is 10.2. The van der Waals surface area contributed by atoms with Crippen molar-refractivity contribution in [3.05, 3.63) is 29.7 Å². The summed E-state index contributed by atoms with van der Waals surface area (Å²) in [4.78, 5) is 3.81. The first-order valence-electron chi connectivity index (χ1n) is 3.87. The summed E-state index contributed by atoms with van der Waals surface area (Å²) in [5.74, 6) is -0.277. The molecule has 0 spiro atoms. The molecule has 0 atom stereocenters. The summed E-state index contributed by atoms with van der Waals surface area (Å²) in [7, 11) is 1.63. The Hall–Kier alpha value is -1.71.